The fourth-order valence-electron chi connectivity index (χ4n) is 6.92. The van der Waals surface area contributed by atoms with Crippen molar-refractivity contribution in [1.82, 2.24) is 14.5 Å². The number of aliphatic imine (C=N–C) groups is 1. The van der Waals surface area contributed by atoms with E-state index in [1.165, 1.54) is 16.7 Å². The number of aromatic hydroxyl groups is 1. The van der Waals surface area contributed by atoms with Crippen molar-refractivity contribution in [1.29, 1.82) is 0 Å². The van der Waals surface area contributed by atoms with Crippen molar-refractivity contribution in [3.63, 3.8) is 0 Å². The average molecular weight is 683 g/mol. The molecule has 2 aliphatic heterocycles. The van der Waals surface area contributed by atoms with Crippen LogP contribution in [0.5, 0.6) is 5.75 Å². The number of carbonyl (C=O) groups excluding carboxylic acids is 1. The molecule has 0 bridgehead atoms. The molecule has 9 nitrogen and oxygen atoms in total. The third kappa shape index (κ3) is 5.45. The monoisotopic (exact) mass is 682 g/mol. The second kappa shape index (κ2) is 13.1. The zero-order chi connectivity index (χ0) is 35.4. The molecular formula is C35H38ClF3N6O3. The molecular weight excluding hydrogens is 645 g/mol. The molecule has 2 atom stereocenters. The van der Waals surface area contributed by atoms with Gasteiger partial charge >= 0.3 is 5.69 Å². The lowest BCUT2D eigenvalue weighted by Gasteiger charge is -2.48. The number of amides is 1. The van der Waals surface area contributed by atoms with Gasteiger partial charge in [0.2, 0.25) is 5.91 Å². The molecule has 13 heteroatoms. The van der Waals surface area contributed by atoms with Crippen LogP contribution in [0.4, 0.5) is 24.7 Å². The molecule has 1 amide bonds. The largest absolute Gasteiger partial charge is 0.507 e. The summed E-state index contributed by atoms with van der Waals surface area (Å²) < 4.78 is 48.6. The average Bonchev–Trinajstić information content (AvgIpc) is 3.04. The Hall–Kier alpha value is -4.58. The second-order valence-electron chi connectivity index (χ2n) is 12.5. The van der Waals surface area contributed by atoms with Crippen molar-refractivity contribution in [2.24, 2.45) is 10.9 Å². The van der Waals surface area contributed by atoms with E-state index in [-0.39, 0.29) is 65.1 Å². The van der Waals surface area contributed by atoms with Gasteiger partial charge in [-0.25, -0.2) is 18.0 Å². The summed E-state index contributed by atoms with van der Waals surface area (Å²) in [5, 5.41) is 10.5. The van der Waals surface area contributed by atoms with Crippen LogP contribution in [0, 0.1) is 23.4 Å². The van der Waals surface area contributed by atoms with Gasteiger partial charge in [-0.15, -0.1) is 0 Å². The van der Waals surface area contributed by atoms with E-state index in [4.69, 9.17) is 11.6 Å². The smallest absolute Gasteiger partial charge is 0.354 e. The van der Waals surface area contributed by atoms with E-state index in [1.807, 2.05) is 25.7 Å². The van der Waals surface area contributed by atoms with Crippen LogP contribution in [0.1, 0.15) is 34.1 Å². The van der Waals surface area contributed by atoms with E-state index >= 15 is 8.78 Å². The van der Waals surface area contributed by atoms with Crippen LogP contribution in [-0.4, -0.2) is 77.0 Å². The van der Waals surface area contributed by atoms with Crippen LogP contribution >= 0.6 is 11.6 Å². The summed E-state index contributed by atoms with van der Waals surface area (Å²) in [6.07, 6.45) is 3.21. The summed E-state index contributed by atoms with van der Waals surface area (Å²) in [7, 11) is 3.20. The third-order valence-corrected chi connectivity index (χ3v) is 9.49. The molecule has 1 aromatic heterocycles. The second-order valence-corrected chi connectivity index (χ2v) is 12.8. The molecule has 0 spiro atoms. The van der Waals surface area contributed by atoms with Crippen LogP contribution in [0.15, 0.2) is 52.8 Å². The highest BCUT2D eigenvalue weighted by atomic mass is 35.5. The quantitative estimate of drug-likeness (QED) is 0.183. The highest BCUT2D eigenvalue weighted by Gasteiger charge is 2.40. The molecule has 1 saturated heterocycles. The van der Waals surface area contributed by atoms with E-state index in [2.05, 4.69) is 23.1 Å². The number of aromatic nitrogens is 2. The SMILES string of the molecule is C=CC(=O)N1CC(C)N2c3nc(=O)n(/C(C(=NC)C(C)C)=C(\C)C=C)c4c(Cl)c(-c5c(O)ccc(F)c5F)c(F)c(c34)N(C)CCC2C1. The number of piperazine rings is 1. The number of allylic oxidation sites excluding steroid dienone is 3. The number of benzene rings is 2. The van der Waals surface area contributed by atoms with Gasteiger partial charge in [-0.05, 0) is 50.0 Å². The Morgan fingerprint density at radius 1 is 1.15 bits per heavy atom. The molecule has 2 aromatic carbocycles. The van der Waals surface area contributed by atoms with Gasteiger partial charge in [0.1, 0.15) is 11.6 Å². The lowest BCUT2D eigenvalue weighted by molar-refractivity contribution is -0.127. The van der Waals surface area contributed by atoms with E-state index in [1.54, 1.807) is 30.8 Å². The fraction of sp³-hybridized carbons (Fsp3) is 0.371. The fourth-order valence-corrected chi connectivity index (χ4v) is 7.27. The highest BCUT2D eigenvalue weighted by Crippen LogP contribution is 2.50. The summed E-state index contributed by atoms with van der Waals surface area (Å²) in [5.41, 5.74) is -1.01. The Labute approximate surface area is 281 Å². The van der Waals surface area contributed by atoms with Crippen LogP contribution in [0.25, 0.3) is 27.7 Å². The lowest BCUT2D eigenvalue weighted by Crippen LogP contribution is -2.60. The molecule has 3 heterocycles. The van der Waals surface area contributed by atoms with Crippen LogP contribution in [0.3, 0.4) is 0 Å². The normalized spacial score (nSPS) is 18.8. The Bertz CT molecular complexity index is 1990. The molecule has 2 aliphatic rings. The molecule has 0 radical (unpaired) electrons. The number of phenols is 1. The molecule has 0 aliphatic carbocycles. The predicted octanol–water partition coefficient (Wildman–Crippen LogP) is 6.42. The van der Waals surface area contributed by atoms with Gasteiger partial charge in [-0.1, -0.05) is 44.7 Å². The molecule has 5 rings (SSSR count). The minimum atomic E-state index is -1.51. The topological polar surface area (TPSA) is 94.3 Å². The molecule has 1 fully saturated rings. The first-order chi connectivity index (χ1) is 22.7. The molecule has 3 aromatic rings. The summed E-state index contributed by atoms with van der Waals surface area (Å²) in [4.78, 5) is 41.4. The summed E-state index contributed by atoms with van der Waals surface area (Å²) in [6, 6.07) is 0.923. The summed E-state index contributed by atoms with van der Waals surface area (Å²) >= 11 is 7.12. The van der Waals surface area contributed by atoms with Crippen LogP contribution < -0.4 is 15.5 Å². The van der Waals surface area contributed by atoms with Gasteiger partial charge in [0.25, 0.3) is 0 Å². The van der Waals surface area contributed by atoms with Crippen molar-refractivity contribution in [3.05, 3.63) is 76.0 Å². The first-order valence-electron chi connectivity index (χ1n) is 15.6. The predicted molar refractivity (Wildman–Crippen MR) is 186 cm³/mol. The molecule has 48 heavy (non-hydrogen) atoms. The number of hydrogen-bond acceptors (Lipinski definition) is 7. The Balaban J connectivity index is 2.05. The Morgan fingerprint density at radius 3 is 2.44 bits per heavy atom. The van der Waals surface area contributed by atoms with Gasteiger partial charge in [-0.3, -0.25) is 14.4 Å². The third-order valence-electron chi connectivity index (χ3n) is 9.12. The maximum Gasteiger partial charge on any atom is 0.354 e. The van der Waals surface area contributed by atoms with Gasteiger partial charge < -0.3 is 19.8 Å². The van der Waals surface area contributed by atoms with Crippen molar-refractivity contribution < 1.29 is 23.1 Å². The van der Waals surface area contributed by atoms with E-state index in [9.17, 15) is 19.1 Å². The summed E-state index contributed by atoms with van der Waals surface area (Å²) in [6.45, 7) is 15.7. The number of halogens is 4. The Kier molecular flexibility index (Phi) is 9.51. The van der Waals surface area contributed by atoms with Crippen molar-refractivity contribution in [3.8, 4) is 16.9 Å². The van der Waals surface area contributed by atoms with Crippen LogP contribution in [-0.2, 0) is 4.79 Å². The molecule has 254 valence electrons. The number of hydrogen-bond donors (Lipinski definition) is 1. The van der Waals surface area contributed by atoms with E-state index < -0.39 is 45.0 Å². The molecule has 2 unspecified atom stereocenters. The zero-order valence-corrected chi connectivity index (χ0v) is 28.5. The number of anilines is 2. The maximum atomic E-state index is 17.2. The Morgan fingerprint density at radius 2 is 1.83 bits per heavy atom. The van der Waals surface area contributed by atoms with Crippen LogP contribution in [0.2, 0.25) is 5.02 Å². The number of carbonyl (C=O) groups is 1. The zero-order valence-electron chi connectivity index (χ0n) is 27.7. The lowest BCUT2D eigenvalue weighted by atomic mass is 9.94. The number of rotatable bonds is 6. The van der Waals surface area contributed by atoms with E-state index in [0.29, 0.717) is 24.3 Å². The minimum absolute atomic E-state index is 0.0385. The number of fused-ring (bicyclic) bond motifs is 2. The number of nitrogens with zero attached hydrogens (tertiary/aromatic N) is 6. The highest BCUT2D eigenvalue weighted by molar-refractivity contribution is 6.40. The minimum Gasteiger partial charge on any atom is -0.507 e. The summed E-state index contributed by atoms with van der Waals surface area (Å²) in [5.74, 6) is -4.94. The van der Waals surface area contributed by atoms with Gasteiger partial charge in [0, 0.05) is 45.3 Å². The van der Waals surface area contributed by atoms with Gasteiger partial charge in [0.15, 0.2) is 17.5 Å². The van der Waals surface area contributed by atoms with Crippen molar-refractivity contribution in [2.45, 2.75) is 46.2 Å². The first-order valence-corrected chi connectivity index (χ1v) is 15.9. The van der Waals surface area contributed by atoms with Crippen molar-refractivity contribution in [2.75, 3.05) is 43.5 Å². The molecule has 1 N–H and O–H groups in total. The molecule has 0 saturated carbocycles. The van der Waals surface area contributed by atoms with E-state index in [0.717, 1.165) is 12.1 Å². The van der Waals surface area contributed by atoms with Gasteiger partial charge in [-0.2, -0.15) is 4.98 Å². The van der Waals surface area contributed by atoms with Crippen molar-refractivity contribution >= 4 is 51.3 Å². The maximum absolute atomic E-state index is 17.2. The van der Waals surface area contributed by atoms with Gasteiger partial charge in [0.05, 0.1) is 44.6 Å². The number of phenolic OH excluding ortho intramolecular Hbond substituents is 1. The first kappa shape index (κ1) is 34.7. The standard InChI is InChI=1S/C35H38ClF3N6O3/c1-9-18(5)31(30(40-7)17(3)4)45-32-26-33(29(39)25(27(32)36)24-22(46)12-11-21(37)28(24)38)42(8)14-13-20-16-43(23(47)10-2)15-19(6)44(20)34(26)41-35(45)48/h9-12,17,19-20,46H,1-2,13-16H2,3-8H3/b31-18+,40-30?.